The van der Waals surface area contributed by atoms with E-state index in [0.29, 0.717) is 12.2 Å². The zero-order valence-electron chi connectivity index (χ0n) is 9.79. The standard InChI is InChI=1S/C12H18N2O/c1-5-13-11(15)10-7-6-9(8-14-10)12(2,3)4/h6-8H,5H2,1-4H3,(H,13,15). The summed E-state index contributed by atoms with van der Waals surface area (Å²) in [6.07, 6.45) is 1.77. The van der Waals surface area contributed by atoms with Gasteiger partial charge < -0.3 is 5.32 Å². The molecule has 3 nitrogen and oxygen atoms in total. The molecule has 1 rings (SSSR count). The molecule has 0 fully saturated rings. The number of hydrogen-bond acceptors (Lipinski definition) is 2. The number of carbonyl (C=O) groups excluding carboxylic acids is 1. The maximum absolute atomic E-state index is 11.4. The highest BCUT2D eigenvalue weighted by Crippen LogP contribution is 2.20. The first-order valence-corrected chi connectivity index (χ1v) is 5.20. The summed E-state index contributed by atoms with van der Waals surface area (Å²) in [7, 11) is 0. The summed E-state index contributed by atoms with van der Waals surface area (Å²) in [4.78, 5) is 15.6. The third kappa shape index (κ3) is 3.05. The fraction of sp³-hybridized carbons (Fsp3) is 0.500. The van der Waals surface area contributed by atoms with Crippen molar-refractivity contribution < 1.29 is 4.79 Å². The van der Waals surface area contributed by atoms with Gasteiger partial charge in [0.1, 0.15) is 5.69 Å². The summed E-state index contributed by atoms with van der Waals surface area (Å²) in [5.41, 5.74) is 1.69. The van der Waals surface area contributed by atoms with Crippen LogP contribution in [0.3, 0.4) is 0 Å². The van der Waals surface area contributed by atoms with Crippen molar-refractivity contribution in [2.24, 2.45) is 0 Å². The summed E-state index contributed by atoms with van der Waals surface area (Å²) >= 11 is 0. The highest BCUT2D eigenvalue weighted by atomic mass is 16.1. The Kier molecular flexibility index (Phi) is 3.45. The van der Waals surface area contributed by atoms with Crippen molar-refractivity contribution in [1.29, 1.82) is 0 Å². The molecule has 82 valence electrons. The largest absolute Gasteiger partial charge is 0.351 e. The fourth-order valence-corrected chi connectivity index (χ4v) is 1.22. The maximum atomic E-state index is 11.4. The van der Waals surface area contributed by atoms with Crippen LogP contribution in [-0.2, 0) is 5.41 Å². The van der Waals surface area contributed by atoms with Gasteiger partial charge in [-0.3, -0.25) is 9.78 Å². The molecule has 0 aliphatic carbocycles. The Morgan fingerprint density at radius 1 is 1.40 bits per heavy atom. The van der Waals surface area contributed by atoms with Crippen LogP contribution in [0.2, 0.25) is 0 Å². The van der Waals surface area contributed by atoms with E-state index in [1.165, 1.54) is 0 Å². The molecule has 0 bridgehead atoms. The van der Waals surface area contributed by atoms with Crippen molar-refractivity contribution in [2.75, 3.05) is 6.54 Å². The van der Waals surface area contributed by atoms with Crippen molar-refractivity contribution >= 4 is 5.91 Å². The molecule has 1 aromatic rings. The zero-order chi connectivity index (χ0) is 11.5. The van der Waals surface area contributed by atoms with Gasteiger partial charge in [-0.05, 0) is 24.0 Å². The van der Waals surface area contributed by atoms with Crippen LogP contribution >= 0.6 is 0 Å². The van der Waals surface area contributed by atoms with E-state index in [1.54, 1.807) is 12.3 Å². The Bertz CT molecular complexity index is 336. The van der Waals surface area contributed by atoms with Gasteiger partial charge >= 0.3 is 0 Å². The van der Waals surface area contributed by atoms with E-state index in [4.69, 9.17) is 0 Å². The number of pyridine rings is 1. The Hall–Kier alpha value is -1.38. The smallest absolute Gasteiger partial charge is 0.269 e. The zero-order valence-corrected chi connectivity index (χ0v) is 9.79. The Morgan fingerprint density at radius 2 is 2.07 bits per heavy atom. The summed E-state index contributed by atoms with van der Waals surface area (Å²) in [5.74, 6) is -0.113. The van der Waals surface area contributed by atoms with Crippen LogP contribution in [0.4, 0.5) is 0 Å². The monoisotopic (exact) mass is 206 g/mol. The van der Waals surface area contributed by atoms with E-state index < -0.39 is 0 Å². The van der Waals surface area contributed by atoms with Gasteiger partial charge in [-0.15, -0.1) is 0 Å². The van der Waals surface area contributed by atoms with Gasteiger partial charge in [-0.25, -0.2) is 0 Å². The minimum Gasteiger partial charge on any atom is -0.351 e. The van der Waals surface area contributed by atoms with Gasteiger partial charge in [0.2, 0.25) is 0 Å². The van der Waals surface area contributed by atoms with Crippen molar-refractivity contribution in [3.63, 3.8) is 0 Å². The van der Waals surface area contributed by atoms with Crippen molar-refractivity contribution in [3.8, 4) is 0 Å². The first-order valence-electron chi connectivity index (χ1n) is 5.20. The lowest BCUT2D eigenvalue weighted by molar-refractivity contribution is 0.0951. The van der Waals surface area contributed by atoms with E-state index in [-0.39, 0.29) is 11.3 Å². The molecular weight excluding hydrogens is 188 g/mol. The second-order valence-electron chi connectivity index (χ2n) is 4.54. The lowest BCUT2D eigenvalue weighted by atomic mass is 9.88. The van der Waals surface area contributed by atoms with Crippen LogP contribution in [-0.4, -0.2) is 17.4 Å². The summed E-state index contributed by atoms with van der Waals surface area (Å²) in [6, 6.07) is 3.73. The molecule has 0 radical (unpaired) electrons. The molecule has 3 heteroatoms. The molecule has 0 spiro atoms. The summed E-state index contributed by atoms with van der Waals surface area (Å²) < 4.78 is 0. The molecule has 0 saturated heterocycles. The van der Waals surface area contributed by atoms with Crippen LogP contribution in [0.5, 0.6) is 0 Å². The van der Waals surface area contributed by atoms with E-state index in [0.717, 1.165) is 5.56 Å². The third-order valence-electron chi connectivity index (χ3n) is 2.20. The number of aromatic nitrogens is 1. The number of rotatable bonds is 2. The normalized spacial score (nSPS) is 11.2. The van der Waals surface area contributed by atoms with Gasteiger partial charge in [-0.2, -0.15) is 0 Å². The Balaban J connectivity index is 2.86. The van der Waals surface area contributed by atoms with E-state index in [9.17, 15) is 4.79 Å². The topological polar surface area (TPSA) is 42.0 Å². The van der Waals surface area contributed by atoms with Gasteiger partial charge in [0.05, 0.1) is 0 Å². The average Bonchev–Trinajstić information content (AvgIpc) is 2.17. The number of carbonyl (C=O) groups is 1. The molecule has 15 heavy (non-hydrogen) atoms. The average molecular weight is 206 g/mol. The highest BCUT2D eigenvalue weighted by Gasteiger charge is 2.14. The highest BCUT2D eigenvalue weighted by molar-refractivity contribution is 5.92. The molecule has 1 heterocycles. The maximum Gasteiger partial charge on any atom is 0.269 e. The minimum absolute atomic E-state index is 0.0762. The first kappa shape index (κ1) is 11.7. The van der Waals surface area contributed by atoms with Crippen molar-refractivity contribution in [1.82, 2.24) is 10.3 Å². The van der Waals surface area contributed by atoms with Crippen molar-refractivity contribution in [3.05, 3.63) is 29.6 Å². The molecule has 0 aliphatic rings. The molecule has 0 aliphatic heterocycles. The van der Waals surface area contributed by atoms with Crippen LogP contribution in [0.1, 0.15) is 43.7 Å². The number of nitrogens with one attached hydrogen (secondary N) is 1. The molecule has 0 saturated carbocycles. The van der Waals surface area contributed by atoms with E-state index >= 15 is 0 Å². The summed E-state index contributed by atoms with van der Waals surface area (Å²) in [5, 5.41) is 2.72. The molecular formula is C12H18N2O. The minimum atomic E-state index is -0.113. The SMILES string of the molecule is CCNC(=O)c1ccc(C(C)(C)C)cn1. The van der Waals surface area contributed by atoms with Gasteiger partial charge in [0.15, 0.2) is 0 Å². The van der Waals surface area contributed by atoms with E-state index in [1.807, 2.05) is 13.0 Å². The second-order valence-corrected chi connectivity index (χ2v) is 4.54. The van der Waals surface area contributed by atoms with Gasteiger partial charge in [-0.1, -0.05) is 26.8 Å². The first-order chi connectivity index (χ1) is 6.95. The number of amides is 1. The molecule has 1 N–H and O–H groups in total. The summed E-state index contributed by atoms with van der Waals surface area (Å²) in [6.45, 7) is 8.88. The molecule has 0 atom stereocenters. The molecule has 0 unspecified atom stereocenters. The van der Waals surface area contributed by atoms with Crippen LogP contribution < -0.4 is 5.32 Å². The third-order valence-corrected chi connectivity index (χ3v) is 2.20. The lowest BCUT2D eigenvalue weighted by Gasteiger charge is -2.18. The van der Waals surface area contributed by atoms with E-state index in [2.05, 4.69) is 31.1 Å². The lowest BCUT2D eigenvalue weighted by Crippen LogP contribution is -2.24. The van der Waals surface area contributed by atoms with Crippen LogP contribution in [0.15, 0.2) is 18.3 Å². The van der Waals surface area contributed by atoms with Crippen molar-refractivity contribution in [2.45, 2.75) is 33.1 Å². The molecule has 0 aromatic carbocycles. The predicted octanol–water partition coefficient (Wildman–Crippen LogP) is 2.13. The quantitative estimate of drug-likeness (QED) is 0.805. The molecule has 1 amide bonds. The predicted molar refractivity (Wildman–Crippen MR) is 60.9 cm³/mol. The number of nitrogens with zero attached hydrogens (tertiary/aromatic N) is 1. The Labute approximate surface area is 90.9 Å². The fourth-order valence-electron chi connectivity index (χ4n) is 1.22. The second kappa shape index (κ2) is 4.43. The molecule has 1 aromatic heterocycles. The number of hydrogen-bond donors (Lipinski definition) is 1. The van der Waals surface area contributed by atoms with Gasteiger partial charge in [0.25, 0.3) is 5.91 Å². The van der Waals surface area contributed by atoms with Crippen LogP contribution in [0.25, 0.3) is 0 Å². The van der Waals surface area contributed by atoms with Gasteiger partial charge in [0, 0.05) is 12.7 Å². The Morgan fingerprint density at radius 3 is 2.47 bits per heavy atom. The van der Waals surface area contributed by atoms with Crippen LogP contribution in [0, 0.1) is 0 Å².